The summed E-state index contributed by atoms with van der Waals surface area (Å²) in [5.74, 6) is 0.668. The number of nitrogens with zero attached hydrogens (tertiary/aromatic N) is 2. The molecule has 0 aromatic rings. The minimum atomic E-state index is -0.0697. The summed E-state index contributed by atoms with van der Waals surface area (Å²) in [5, 5.41) is 13.1. The Morgan fingerprint density at radius 3 is 2.50 bits per heavy atom. The second-order valence-corrected chi connectivity index (χ2v) is 6.13. The van der Waals surface area contributed by atoms with Crippen molar-refractivity contribution in [2.24, 2.45) is 5.92 Å². The Kier molecular flexibility index (Phi) is 5.01. The lowest BCUT2D eigenvalue weighted by atomic mass is 9.93. The topological polar surface area (TPSA) is 38.7 Å². The van der Waals surface area contributed by atoms with Gasteiger partial charge in [0, 0.05) is 19.6 Å². The molecule has 1 aliphatic heterocycles. The highest BCUT2D eigenvalue weighted by Crippen LogP contribution is 2.39. The van der Waals surface area contributed by atoms with Crippen molar-refractivity contribution in [3.05, 3.63) is 0 Å². The highest BCUT2D eigenvalue weighted by atomic mass is 16.3. The summed E-state index contributed by atoms with van der Waals surface area (Å²) in [5.41, 5.74) is -0.0697. The van der Waals surface area contributed by atoms with E-state index < -0.39 is 0 Å². The third-order valence-corrected chi connectivity index (χ3v) is 4.69. The molecule has 1 unspecified atom stereocenters. The molecule has 4 heteroatoms. The van der Waals surface area contributed by atoms with Crippen LogP contribution in [-0.4, -0.2) is 73.9 Å². The number of rotatable bonds is 8. The van der Waals surface area contributed by atoms with Crippen molar-refractivity contribution in [3.63, 3.8) is 0 Å². The SMILES string of the molecule is CNC(CO)(CN(C)CCN1CCCC1)C1CC1. The van der Waals surface area contributed by atoms with Gasteiger partial charge in [0.25, 0.3) is 0 Å². The molecule has 0 spiro atoms. The van der Waals surface area contributed by atoms with E-state index in [-0.39, 0.29) is 12.1 Å². The van der Waals surface area contributed by atoms with E-state index in [1.807, 2.05) is 7.05 Å². The average molecular weight is 255 g/mol. The predicted octanol–water partition coefficient (Wildman–Crippen LogP) is 0.375. The molecule has 1 aliphatic carbocycles. The zero-order chi connectivity index (χ0) is 13.0. The predicted molar refractivity (Wildman–Crippen MR) is 74.8 cm³/mol. The number of likely N-dealkylation sites (tertiary alicyclic amines) is 1. The van der Waals surface area contributed by atoms with Gasteiger partial charge in [0.1, 0.15) is 0 Å². The fourth-order valence-corrected chi connectivity index (χ4v) is 3.19. The molecular weight excluding hydrogens is 226 g/mol. The molecule has 1 heterocycles. The monoisotopic (exact) mass is 255 g/mol. The van der Waals surface area contributed by atoms with Gasteiger partial charge in [0.15, 0.2) is 0 Å². The van der Waals surface area contributed by atoms with E-state index in [9.17, 15) is 5.11 Å². The van der Waals surface area contributed by atoms with Gasteiger partial charge in [-0.25, -0.2) is 0 Å². The van der Waals surface area contributed by atoms with Crippen LogP contribution in [0.4, 0.5) is 0 Å². The number of hydrogen-bond acceptors (Lipinski definition) is 4. The van der Waals surface area contributed by atoms with Gasteiger partial charge in [0.2, 0.25) is 0 Å². The number of aliphatic hydroxyl groups is 1. The standard InChI is InChI=1S/C14H29N3O/c1-15-14(12-18,13-5-6-13)11-16(2)9-10-17-7-3-4-8-17/h13,15,18H,3-12H2,1-2H3. The van der Waals surface area contributed by atoms with Gasteiger partial charge in [-0.2, -0.15) is 0 Å². The summed E-state index contributed by atoms with van der Waals surface area (Å²) in [6, 6.07) is 0. The molecule has 106 valence electrons. The van der Waals surface area contributed by atoms with Gasteiger partial charge in [0.05, 0.1) is 12.1 Å². The van der Waals surface area contributed by atoms with Gasteiger partial charge in [-0.15, -0.1) is 0 Å². The fraction of sp³-hybridized carbons (Fsp3) is 1.00. The van der Waals surface area contributed by atoms with Crippen LogP contribution in [-0.2, 0) is 0 Å². The van der Waals surface area contributed by atoms with Crippen LogP contribution in [0.1, 0.15) is 25.7 Å². The van der Waals surface area contributed by atoms with Crippen molar-refractivity contribution in [2.75, 3.05) is 53.4 Å². The second-order valence-electron chi connectivity index (χ2n) is 6.13. The van der Waals surface area contributed by atoms with Crippen molar-refractivity contribution in [1.29, 1.82) is 0 Å². The normalized spacial score (nSPS) is 24.7. The van der Waals surface area contributed by atoms with Crippen LogP contribution in [0.15, 0.2) is 0 Å². The Balaban J connectivity index is 1.75. The summed E-state index contributed by atoms with van der Waals surface area (Å²) in [6.45, 7) is 6.03. The van der Waals surface area contributed by atoms with Crippen LogP contribution in [0.5, 0.6) is 0 Å². The molecule has 1 atom stereocenters. The molecule has 0 aromatic heterocycles. The summed E-state index contributed by atoms with van der Waals surface area (Å²) < 4.78 is 0. The Labute approximate surface area is 111 Å². The fourth-order valence-electron chi connectivity index (χ4n) is 3.19. The number of likely N-dealkylation sites (N-methyl/N-ethyl adjacent to an activating group) is 2. The molecule has 0 bridgehead atoms. The van der Waals surface area contributed by atoms with Crippen LogP contribution >= 0.6 is 0 Å². The van der Waals surface area contributed by atoms with Gasteiger partial charge >= 0.3 is 0 Å². The van der Waals surface area contributed by atoms with E-state index in [1.165, 1.54) is 45.3 Å². The summed E-state index contributed by atoms with van der Waals surface area (Å²) in [6.07, 6.45) is 5.26. The Morgan fingerprint density at radius 2 is 2.00 bits per heavy atom. The molecule has 2 aliphatic rings. The third kappa shape index (κ3) is 3.44. The molecule has 2 rings (SSSR count). The van der Waals surface area contributed by atoms with Crippen molar-refractivity contribution >= 4 is 0 Å². The third-order valence-electron chi connectivity index (χ3n) is 4.69. The highest BCUT2D eigenvalue weighted by molar-refractivity contribution is 5.01. The molecule has 0 radical (unpaired) electrons. The molecule has 1 saturated carbocycles. The van der Waals surface area contributed by atoms with Gasteiger partial charge in [-0.1, -0.05) is 0 Å². The van der Waals surface area contributed by atoms with Crippen LogP contribution in [0.2, 0.25) is 0 Å². The van der Waals surface area contributed by atoms with E-state index >= 15 is 0 Å². The van der Waals surface area contributed by atoms with Crippen LogP contribution in [0, 0.1) is 5.92 Å². The molecule has 0 amide bonds. The number of nitrogens with one attached hydrogen (secondary N) is 1. The summed E-state index contributed by atoms with van der Waals surface area (Å²) in [4.78, 5) is 4.93. The van der Waals surface area contributed by atoms with Gasteiger partial charge in [-0.3, -0.25) is 0 Å². The van der Waals surface area contributed by atoms with Gasteiger partial charge < -0.3 is 20.2 Å². The first-order chi connectivity index (χ1) is 8.70. The zero-order valence-corrected chi connectivity index (χ0v) is 12.0. The van der Waals surface area contributed by atoms with Gasteiger partial charge in [-0.05, 0) is 58.8 Å². The zero-order valence-electron chi connectivity index (χ0n) is 12.0. The largest absolute Gasteiger partial charge is 0.394 e. The lowest BCUT2D eigenvalue weighted by Crippen LogP contribution is -2.56. The van der Waals surface area contributed by atoms with Crippen molar-refractivity contribution < 1.29 is 5.11 Å². The highest BCUT2D eigenvalue weighted by Gasteiger charge is 2.44. The minimum Gasteiger partial charge on any atom is -0.394 e. The lowest BCUT2D eigenvalue weighted by Gasteiger charge is -2.36. The lowest BCUT2D eigenvalue weighted by molar-refractivity contribution is 0.103. The van der Waals surface area contributed by atoms with E-state index in [2.05, 4.69) is 22.2 Å². The summed E-state index contributed by atoms with van der Waals surface area (Å²) in [7, 11) is 4.17. The molecule has 0 aromatic carbocycles. The van der Waals surface area contributed by atoms with Crippen LogP contribution in [0.3, 0.4) is 0 Å². The Bertz CT molecular complexity index is 245. The maximum absolute atomic E-state index is 9.72. The molecule has 2 N–H and O–H groups in total. The van der Waals surface area contributed by atoms with E-state index in [0.29, 0.717) is 5.92 Å². The maximum atomic E-state index is 9.72. The van der Waals surface area contributed by atoms with Crippen molar-refractivity contribution in [1.82, 2.24) is 15.1 Å². The van der Waals surface area contributed by atoms with Crippen LogP contribution in [0.25, 0.3) is 0 Å². The molecular formula is C14H29N3O. The Hall–Kier alpha value is -0.160. The minimum absolute atomic E-state index is 0.0697. The molecule has 1 saturated heterocycles. The maximum Gasteiger partial charge on any atom is 0.0628 e. The van der Waals surface area contributed by atoms with E-state index in [1.54, 1.807) is 0 Å². The van der Waals surface area contributed by atoms with Crippen molar-refractivity contribution in [3.8, 4) is 0 Å². The Morgan fingerprint density at radius 1 is 1.33 bits per heavy atom. The molecule has 18 heavy (non-hydrogen) atoms. The van der Waals surface area contributed by atoms with E-state index in [0.717, 1.165) is 13.1 Å². The van der Waals surface area contributed by atoms with Crippen LogP contribution < -0.4 is 5.32 Å². The first kappa shape index (κ1) is 14.3. The summed E-state index contributed by atoms with van der Waals surface area (Å²) >= 11 is 0. The van der Waals surface area contributed by atoms with E-state index in [4.69, 9.17) is 0 Å². The first-order valence-corrected chi connectivity index (χ1v) is 7.41. The smallest absolute Gasteiger partial charge is 0.0628 e. The number of aliphatic hydroxyl groups excluding tert-OH is 1. The molecule has 4 nitrogen and oxygen atoms in total. The number of hydrogen-bond donors (Lipinski definition) is 2. The second kappa shape index (κ2) is 6.33. The van der Waals surface area contributed by atoms with Crippen molar-refractivity contribution in [2.45, 2.75) is 31.2 Å². The first-order valence-electron chi connectivity index (χ1n) is 7.41. The molecule has 2 fully saturated rings. The average Bonchev–Trinajstić information content (AvgIpc) is 3.11. The quantitative estimate of drug-likeness (QED) is 0.657.